The van der Waals surface area contributed by atoms with Crippen LogP contribution in [0.5, 0.6) is 0 Å². The third kappa shape index (κ3) is 6.28. The van der Waals surface area contributed by atoms with Crippen LogP contribution in [0.15, 0.2) is 84.9 Å². The number of ether oxygens (including phenoxy) is 2. The van der Waals surface area contributed by atoms with Gasteiger partial charge < -0.3 is 9.47 Å². The summed E-state index contributed by atoms with van der Waals surface area (Å²) in [6.07, 6.45) is -1.37. The van der Waals surface area contributed by atoms with E-state index in [2.05, 4.69) is 0 Å². The fraction of sp³-hybridized carbons (Fsp3) is 0.286. The number of alkyl halides is 1. The molecule has 0 bridgehead atoms. The maximum atomic E-state index is 16.3. The number of rotatable bonds is 7. The van der Waals surface area contributed by atoms with Crippen molar-refractivity contribution in [2.24, 2.45) is 0 Å². The van der Waals surface area contributed by atoms with E-state index in [-0.39, 0.29) is 0 Å². The number of carbonyl (C=O) groups is 2. The Balaban J connectivity index is 1.98. The number of hydrogen-bond acceptors (Lipinski definition) is 4. The highest BCUT2D eigenvalue weighted by molar-refractivity contribution is 6.04. The van der Waals surface area contributed by atoms with Crippen LogP contribution in [0, 0.1) is 6.92 Å². The molecule has 0 N–H and O–H groups in total. The molecule has 172 valence electrons. The molecular formula is C28H29FO4. The minimum Gasteiger partial charge on any atom is -0.457 e. The Kier molecular flexibility index (Phi) is 7.32. The third-order valence-corrected chi connectivity index (χ3v) is 5.04. The first-order valence-electron chi connectivity index (χ1n) is 10.9. The molecule has 0 saturated heterocycles. The van der Waals surface area contributed by atoms with Crippen molar-refractivity contribution in [2.45, 2.75) is 51.5 Å². The van der Waals surface area contributed by atoms with E-state index in [0.717, 1.165) is 5.56 Å². The van der Waals surface area contributed by atoms with Crippen LogP contribution in [0.2, 0.25) is 0 Å². The van der Waals surface area contributed by atoms with Gasteiger partial charge in [0.1, 0.15) is 5.60 Å². The van der Waals surface area contributed by atoms with E-state index in [1.54, 1.807) is 69.3 Å². The highest BCUT2D eigenvalue weighted by Gasteiger charge is 2.52. The van der Waals surface area contributed by atoms with E-state index in [0.29, 0.717) is 16.7 Å². The van der Waals surface area contributed by atoms with Gasteiger partial charge in [-0.15, -0.1) is 0 Å². The predicted molar refractivity (Wildman–Crippen MR) is 125 cm³/mol. The van der Waals surface area contributed by atoms with Crippen molar-refractivity contribution in [1.29, 1.82) is 0 Å². The molecule has 0 radical (unpaired) electrons. The summed E-state index contributed by atoms with van der Waals surface area (Å²) < 4.78 is 27.3. The summed E-state index contributed by atoms with van der Waals surface area (Å²) in [6, 6.07) is 25.0. The molecule has 3 aromatic rings. The maximum absolute atomic E-state index is 16.3. The topological polar surface area (TPSA) is 52.6 Å². The Morgan fingerprint density at radius 1 is 0.788 bits per heavy atom. The van der Waals surface area contributed by atoms with Crippen LogP contribution in [0.3, 0.4) is 0 Å². The number of hydrogen-bond donors (Lipinski definition) is 0. The Hall–Kier alpha value is -3.47. The van der Waals surface area contributed by atoms with Crippen molar-refractivity contribution < 1.29 is 23.5 Å². The summed E-state index contributed by atoms with van der Waals surface area (Å²) in [5, 5.41) is 0. The van der Waals surface area contributed by atoms with E-state index in [1.165, 1.54) is 0 Å². The van der Waals surface area contributed by atoms with Crippen LogP contribution >= 0.6 is 0 Å². The number of aryl methyl sites for hydroxylation is 1. The van der Waals surface area contributed by atoms with Gasteiger partial charge in [0.15, 0.2) is 6.10 Å². The predicted octanol–water partition coefficient (Wildman–Crippen LogP) is 5.92. The second-order valence-electron chi connectivity index (χ2n) is 9.07. The number of benzene rings is 3. The molecule has 4 nitrogen and oxygen atoms in total. The molecule has 3 aromatic carbocycles. The monoisotopic (exact) mass is 448 g/mol. The zero-order chi connectivity index (χ0) is 24.1. The van der Waals surface area contributed by atoms with Crippen molar-refractivity contribution in [3.05, 3.63) is 107 Å². The molecule has 0 aliphatic rings. The number of halogens is 1. The molecule has 1 atom stereocenters. The van der Waals surface area contributed by atoms with Crippen LogP contribution in [-0.4, -0.2) is 23.2 Å². The van der Waals surface area contributed by atoms with E-state index < -0.39 is 35.7 Å². The molecule has 0 saturated carbocycles. The molecule has 0 aromatic heterocycles. The molecule has 0 amide bonds. The van der Waals surface area contributed by atoms with Crippen LogP contribution in [0.4, 0.5) is 4.39 Å². The second-order valence-corrected chi connectivity index (χ2v) is 9.07. The highest BCUT2D eigenvalue weighted by atomic mass is 19.1. The average Bonchev–Trinajstić information content (AvgIpc) is 2.78. The number of esters is 2. The van der Waals surface area contributed by atoms with Crippen LogP contribution in [-0.2, 0) is 25.5 Å². The van der Waals surface area contributed by atoms with Crippen LogP contribution in [0.25, 0.3) is 0 Å². The summed E-state index contributed by atoms with van der Waals surface area (Å²) in [5.74, 6) is -2.55. The third-order valence-electron chi connectivity index (χ3n) is 5.04. The summed E-state index contributed by atoms with van der Waals surface area (Å²) in [7, 11) is 0. The first-order valence-corrected chi connectivity index (χ1v) is 10.9. The summed E-state index contributed by atoms with van der Waals surface area (Å²) in [5.41, 5.74) is -1.18. The molecule has 0 aliphatic heterocycles. The Morgan fingerprint density at radius 3 is 1.73 bits per heavy atom. The fourth-order valence-electron chi connectivity index (χ4n) is 3.36. The Bertz CT molecular complexity index is 1030. The lowest BCUT2D eigenvalue weighted by Crippen LogP contribution is -2.49. The Labute approximate surface area is 194 Å². The molecule has 0 heterocycles. The molecule has 0 aliphatic carbocycles. The molecule has 0 spiro atoms. The van der Waals surface area contributed by atoms with E-state index in [9.17, 15) is 9.59 Å². The molecule has 3 rings (SSSR count). The molecule has 0 fully saturated rings. The van der Waals surface area contributed by atoms with Gasteiger partial charge in [0.2, 0.25) is 0 Å². The number of carbonyl (C=O) groups excluding carboxylic acids is 2. The SMILES string of the molecule is Cc1ccc(C[C@@](F)(C(=O)OC(c2ccccc2)c2ccccc2)C(=O)OC(C)(C)C)cc1. The van der Waals surface area contributed by atoms with Crippen molar-refractivity contribution in [3.63, 3.8) is 0 Å². The molecule has 5 heteroatoms. The normalized spacial score (nSPS) is 13.3. The standard InChI is InChI=1S/C28H29FO4/c1-20-15-17-21(18-16-20)19-28(29,26(31)33-27(2,3)4)25(30)32-24(22-11-7-5-8-12-22)23-13-9-6-10-14-23/h5-18,24H,19H2,1-4H3/t28-/m1/s1. The summed E-state index contributed by atoms with van der Waals surface area (Å²) in [4.78, 5) is 26.3. The van der Waals surface area contributed by atoms with Gasteiger partial charge in [-0.2, -0.15) is 0 Å². The van der Waals surface area contributed by atoms with Gasteiger partial charge in [0.05, 0.1) is 0 Å². The van der Waals surface area contributed by atoms with E-state index >= 15 is 4.39 Å². The van der Waals surface area contributed by atoms with Gasteiger partial charge in [-0.3, -0.25) is 0 Å². The van der Waals surface area contributed by atoms with Crippen LogP contribution in [0.1, 0.15) is 49.1 Å². The Morgan fingerprint density at radius 2 is 1.27 bits per heavy atom. The van der Waals surface area contributed by atoms with Gasteiger partial charge in [0, 0.05) is 6.42 Å². The van der Waals surface area contributed by atoms with Crippen LogP contribution < -0.4 is 0 Å². The minimum atomic E-state index is -3.01. The maximum Gasteiger partial charge on any atom is 0.357 e. The largest absolute Gasteiger partial charge is 0.457 e. The highest BCUT2D eigenvalue weighted by Crippen LogP contribution is 2.31. The minimum absolute atomic E-state index is 0.488. The fourth-order valence-corrected chi connectivity index (χ4v) is 3.36. The lowest BCUT2D eigenvalue weighted by molar-refractivity contribution is -0.183. The summed E-state index contributed by atoms with van der Waals surface area (Å²) in [6.45, 7) is 6.77. The van der Waals surface area contributed by atoms with Gasteiger partial charge in [-0.25, -0.2) is 14.0 Å². The van der Waals surface area contributed by atoms with Gasteiger partial charge in [0.25, 0.3) is 0 Å². The quantitative estimate of drug-likeness (QED) is 0.333. The van der Waals surface area contributed by atoms with E-state index in [4.69, 9.17) is 9.47 Å². The lowest BCUT2D eigenvalue weighted by Gasteiger charge is -2.29. The van der Waals surface area contributed by atoms with Crippen molar-refractivity contribution in [2.75, 3.05) is 0 Å². The van der Waals surface area contributed by atoms with Crippen molar-refractivity contribution in [1.82, 2.24) is 0 Å². The van der Waals surface area contributed by atoms with Crippen molar-refractivity contribution in [3.8, 4) is 0 Å². The second kappa shape index (κ2) is 9.99. The van der Waals surface area contributed by atoms with Gasteiger partial charge in [-0.1, -0.05) is 90.5 Å². The first-order chi connectivity index (χ1) is 15.6. The average molecular weight is 449 g/mol. The zero-order valence-corrected chi connectivity index (χ0v) is 19.4. The van der Waals surface area contributed by atoms with Gasteiger partial charge >= 0.3 is 17.6 Å². The first kappa shape index (κ1) is 24.2. The molecule has 33 heavy (non-hydrogen) atoms. The van der Waals surface area contributed by atoms with E-state index in [1.807, 2.05) is 43.3 Å². The zero-order valence-electron chi connectivity index (χ0n) is 19.4. The van der Waals surface area contributed by atoms with Gasteiger partial charge in [-0.05, 0) is 44.4 Å². The van der Waals surface area contributed by atoms with Crippen molar-refractivity contribution >= 4 is 11.9 Å². The lowest BCUT2D eigenvalue weighted by atomic mass is 9.94. The smallest absolute Gasteiger partial charge is 0.357 e. The molecular weight excluding hydrogens is 419 g/mol. The summed E-state index contributed by atoms with van der Waals surface area (Å²) >= 11 is 0. The molecule has 0 unspecified atom stereocenters.